The van der Waals surface area contributed by atoms with Crippen LogP contribution in [0.25, 0.3) is 0 Å². The average Bonchev–Trinajstić information content (AvgIpc) is 3.30. The Labute approximate surface area is 202 Å². The van der Waals surface area contributed by atoms with Gasteiger partial charge in [0, 0.05) is 19.0 Å². The van der Waals surface area contributed by atoms with Gasteiger partial charge in [0.15, 0.2) is 0 Å². The topological polar surface area (TPSA) is 169 Å². The summed E-state index contributed by atoms with van der Waals surface area (Å²) < 4.78 is 0. The van der Waals surface area contributed by atoms with E-state index in [-0.39, 0.29) is 31.3 Å². The van der Waals surface area contributed by atoms with Crippen molar-refractivity contribution in [2.75, 3.05) is 25.5 Å². The summed E-state index contributed by atoms with van der Waals surface area (Å²) in [6, 6.07) is -4.02. The monoisotopic (exact) mass is 501 g/mol. The van der Waals surface area contributed by atoms with Crippen LogP contribution in [0.2, 0.25) is 0 Å². The lowest BCUT2D eigenvalue weighted by molar-refractivity contribution is -0.143. The molecule has 0 aromatic rings. The van der Waals surface area contributed by atoms with Crippen molar-refractivity contribution in [1.82, 2.24) is 31.2 Å². The van der Waals surface area contributed by atoms with Crippen molar-refractivity contribution in [2.45, 2.75) is 70.1 Å². The highest BCUT2D eigenvalue weighted by molar-refractivity contribution is 6.18. The number of carbonyl (C=O) groups excluding carboxylic acids is 5. The number of fused-ring (bicyclic) bond motifs is 1. The van der Waals surface area contributed by atoms with Crippen LogP contribution < -0.4 is 21.3 Å². The molecule has 0 aromatic carbocycles. The van der Waals surface area contributed by atoms with Crippen molar-refractivity contribution in [3.8, 4) is 0 Å². The molecule has 0 bridgehead atoms. The highest BCUT2D eigenvalue weighted by atomic mass is 35.5. The summed E-state index contributed by atoms with van der Waals surface area (Å²) in [5.74, 6) is -1.70. The molecule has 4 N–H and O–H groups in total. The molecule has 2 fully saturated rings. The first-order valence-corrected chi connectivity index (χ1v) is 11.9. The van der Waals surface area contributed by atoms with Crippen LogP contribution in [0.3, 0.4) is 0 Å². The third kappa shape index (κ3) is 7.27. The molecule has 6 amide bonds. The number of hydrogen-bond donors (Lipinski definition) is 4. The largest absolute Gasteiger partial charge is 0.343 e. The minimum Gasteiger partial charge on any atom is -0.343 e. The quantitative estimate of drug-likeness (QED) is 0.152. The fourth-order valence-electron chi connectivity index (χ4n) is 3.86. The molecule has 2 aliphatic rings. The minimum absolute atomic E-state index is 0.0163. The molecule has 2 aliphatic heterocycles. The number of amides is 6. The van der Waals surface area contributed by atoms with Gasteiger partial charge in [0.05, 0.1) is 11.8 Å². The van der Waals surface area contributed by atoms with Gasteiger partial charge in [-0.15, -0.1) is 16.5 Å². The van der Waals surface area contributed by atoms with E-state index in [1.54, 1.807) is 0 Å². The zero-order valence-electron chi connectivity index (χ0n) is 19.3. The Morgan fingerprint density at radius 1 is 1.09 bits per heavy atom. The predicted molar refractivity (Wildman–Crippen MR) is 122 cm³/mol. The molecule has 4 atom stereocenters. The summed E-state index contributed by atoms with van der Waals surface area (Å²) in [6.45, 7) is 3.60. The van der Waals surface area contributed by atoms with Crippen LogP contribution in [0.5, 0.6) is 0 Å². The number of unbranched alkanes of at least 4 members (excludes halogenated alkanes) is 1. The van der Waals surface area contributed by atoms with Gasteiger partial charge in [-0.1, -0.05) is 0 Å². The van der Waals surface area contributed by atoms with Gasteiger partial charge in [-0.2, -0.15) is 5.01 Å². The van der Waals surface area contributed by atoms with Crippen molar-refractivity contribution < 1.29 is 24.0 Å². The lowest BCUT2D eigenvalue weighted by Gasteiger charge is -2.31. The molecule has 34 heavy (non-hydrogen) atoms. The van der Waals surface area contributed by atoms with Gasteiger partial charge >= 0.3 is 6.03 Å². The van der Waals surface area contributed by atoms with Crippen LogP contribution in [-0.2, 0) is 19.2 Å². The van der Waals surface area contributed by atoms with Crippen LogP contribution in [0.4, 0.5) is 4.79 Å². The molecule has 0 unspecified atom stereocenters. The van der Waals surface area contributed by atoms with Gasteiger partial charge in [-0.05, 0) is 46.0 Å². The molecule has 14 heteroatoms. The summed E-state index contributed by atoms with van der Waals surface area (Å²) in [6.07, 6.45) is 2.30. The molecule has 2 rings (SSSR count). The van der Waals surface area contributed by atoms with Crippen LogP contribution in [0, 0.1) is 4.91 Å². The van der Waals surface area contributed by atoms with E-state index < -0.39 is 47.9 Å². The molecule has 0 spiro atoms. The predicted octanol–water partition coefficient (Wildman–Crippen LogP) is -0.413. The number of urea groups is 1. The summed E-state index contributed by atoms with van der Waals surface area (Å²) in [5.41, 5.74) is 0. The van der Waals surface area contributed by atoms with E-state index in [1.165, 1.54) is 18.7 Å². The minimum atomic E-state index is -0.904. The second-order valence-corrected chi connectivity index (χ2v) is 8.71. The van der Waals surface area contributed by atoms with E-state index in [1.807, 2.05) is 0 Å². The number of hydrogen-bond acceptors (Lipinski definition) is 7. The fraction of sp³-hybridized carbons (Fsp3) is 0.750. The summed E-state index contributed by atoms with van der Waals surface area (Å²) in [4.78, 5) is 74.9. The van der Waals surface area contributed by atoms with Crippen molar-refractivity contribution in [3.05, 3.63) is 4.91 Å². The van der Waals surface area contributed by atoms with Gasteiger partial charge in [0.2, 0.25) is 23.6 Å². The van der Waals surface area contributed by atoms with Crippen LogP contribution in [0.15, 0.2) is 5.29 Å². The van der Waals surface area contributed by atoms with Crippen molar-refractivity contribution in [2.24, 2.45) is 5.29 Å². The van der Waals surface area contributed by atoms with E-state index in [4.69, 9.17) is 11.6 Å². The van der Waals surface area contributed by atoms with E-state index in [9.17, 15) is 28.9 Å². The smallest absolute Gasteiger partial charge is 0.340 e. The Hall–Kier alpha value is -2.96. The SMILES string of the molecule is C[C@@H]1NC(=O)[C@H]2CCCN2C(=O)[C@H](CCCCNC(=O)N(CCCl)N=O)NC(=O)[C@@H](C)NC1=O. The standard InChI is InChI=1S/C20H32ClN7O6/c1-12-16(29)23-13(2)17(30)25-14(19(32)27-10-5-7-15(27)18(31)24-12)6-3-4-9-22-20(33)28(26-34)11-8-21/h12-15H,3-11H2,1-2H3,(H,22,33)(H,23,29)(H,24,31)(H,25,30)/t12-,13+,14-,15+/m0/s1. The van der Waals surface area contributed by atoms with E-state index >= 15 is 0 Å². The summed E-state index contributed by atoms with van der Waals surface area (Å²) in [5, 5.41) is 13.7. The molecular weight excluding hydrogens is 470 g/mol. The molecule has 2 heterocycles. The zero-order chi connectivity index (χ0) is 25.3. The Balaban J connectivity index is 2.03. The maximum absolute atomic E-state index is 13.3. The molecular formula is C20H32ClN7O6. The van der Waals surface area contributed by atoms with Gasteiger partial charge in [0.1, 0.15) is 24.2 Å². The zero-order valence-corrected chi connectivity index (χ0v) is 20.1. The van der Waals surface area contributed by atoms with E-state index in [2.05, 4.69) is 26.6 Å². The number of alkyl halides is 1. The van der Waals surface area contributed by atoms with Gasteiger partial charge in [-0.25, -0.2) is 4.79 Å². The first kappa shape index (κ1) is 27.3. The van der Waals surface area contributed by atoms with Crippen LogP contribution in [0.1, 0.15) is 46.0 Å². The second-order valence-electron chi connectivity index (χ2n) is 8.33. The number of halogens is 1. The third-order valence-corrected chi connectivity index (χ3v) is 5.95. The highest BCUT2D eigenvalue weighted by Crippen LogP contribution is 2.20. The first-order chi connectivity index (χ1) is 16.2. The molecule has 2 saturated heterocycles. The van der Waals surface area contributed by atoms with Crippen molar-refractivity contribution in [3.63, 3.8) is 0 Å². The lowest BCUT2D eigenvalue weighted by Crippen LogP contribution is -2.60. The van der Waals surface area contributed by atoms with Crippen LogP contribution in [-0.4, -0.2) is 89.3 Å². The van der Waals surface area contributed by atoms with E-state index in [0.29, 0.717) is 37.2 Å². The number of rotatable bonds is 8. The number of nitrogens with one attached hydrogen (secondary N) is 4. The van der Waals surface area contributed by atoms with Gasteiger partial charge in [-0.3, -0.25) is 19.2 Å². The Kier molecular flexibility index (Phi) is 10.5. The van der Waals surface area contributed by atoms with E-state index in [0.717, 1.165) is 0 Å². The van der Waals surface area contributed by atoms with Crippen molar-refractivity contribution in [1.29, 1.82) is 0 Å². The molecule has 13 nitrogen and oxygen atoms in total. The Morgan fingerprint density at radius 3 is 2.38 bits per heavy atom. The first-order valence-electron chi connectivity index (χ1n) is 11.4. The van der Waals surface area contributed by atoms with Crippen LogP contribution >= 0.6 is 11.6 Å². The summed E-state index contributed by atoms with van der Waals surface area (Å²) >= 11 is 5.51. The average molecular weight is 502 g/mol. The molecule has 190 valence electrons. The lowest BCUT2D eigenvalue weighted by atomic mass is 10.1. The summed E-state index contributed by atoms with van der Waals surface area (Å²) in [7, 11) is 0. The Morgan fingerprint density at radius 2 is 1.74 bits per heavy atom. The Bertz CT molecular complexity index is 797. The molecule has 0 aromatic heterocycles. The maximum atomic E-state index is 13.3. The van der Waals surface area contributed by atoms with Crippen molar-refractivity contribution >= 4 is 41.3 Å². The number of carbonyl (C=O) groups is 5. The number of nitrogens with zero attached hydrogens (tertiary/aromatic N) is 3. The third-order valence-electron chi connectivity index (χ3n) is 5.78. The fourth-order valence-corrected chi connectivity index (χ4v) is 4.02. The normalized spacial score (nSPS) is 25.8. The molecule has 0 aliphatic carbocycles. The van der Waals surface area contributed by atoms with Gasteiger partial charge in [0.25, 0.3) is 0 Å². The van der Waals surface area contributed by atoms with Gasteiger partial charge < -0.3 is 26.2 Å². The highest BCUT2D eigenvalue weighted by Gasteiger charge is 2.39. The second kappa shape index (κ2) is 13.1. The maximum Gasteiger partial charge on any atom is 0.340 e. The number of nitroso groups, excluding NO2 is 1. The molecule has 0 saturated carbocycles. The molecule has 0 radical (unpaired) electrons.